The maximum absolute atomic E-state index is 5.79. The van der Waals surface area contributed by atoms with Crippen LogP contribution in [0.2, 0.25) is 0 Å². The molecule has 0 bridgehead atoms. The third-order valence-corrected chi connectivity index (χ3v) is 3.43. The number of nitrogens with zero attached hydrogens (tertiary/aromatic N) is 1. The molecule has 0 atom stereocenters. The molecule has 3 rings (SSSR count). The highest BCUT2D eigenvalue weighted by Crippen LogP contribution is 2.23. The van der Waals surface area contributed by atoms with Crippen molar-refractivity contribution in [2.75, 3.05) is 7.05 Å². The summed E-state index contributed by atoms with van der Waals surface area (Å²) in [5.41, 5.74) is 2.08. The van der Waals surface area contributed by atoms with Crippen LogP contribution >= 0.6 is 0 Å². The van der Waals surface area contributed by atoms with E-state index in [1.807, 2.05) is 79.8 Å². The molecule has 122 valence electrons. The second-order valence-corrected chi connectivity index (χ2v) is 5.35. The number of rotatable bonds is 7. The summed E-state index contributed by atoms with van der Waals surface area (Å²) in [7, 11) is 1.89. The van der Waals surface area contributed by atoms with Gasteiger partial charge in [-0.3, -0.25) is 0 Å². The van der Waals surface area contributed by atoms with Crippen molar-refractivity contribution in [3.8, 4) is 17.4 Å². The van der Waals surface area contributed by atoms with Crippen LogP contribution in [0.1, 0.15) is 11.3 Å². The van der Waals surface area contributed by atoms with E-state index in [1.165, 1.54) is 0 Å². The third-order valence-electron chi connectivity index (χ3n) is 3.43. The van der Waals surface area contributed by atoms with Gasteiger partial charge in [0, 0.05) is 12.6 Å². The van der Waals surface area contributed by atoms with Gasteiger partial charge in [-0.15, -0.1) is 0 Å². The summed E-state index contributed by atoms with van der Waals surface area (Å²) in [6, 6.07) is 23.4. The normalized spacial score (nSPS) is 10.4. The number of benzene rings is 2. The average Bonchev–Trinajstić information content (AvgIpc) is 2.63. The van der Waals surface area contributed by atoms with E-state index in [4.69, 9.17) is 9.47 Å². The molecular weight excluding hydrogens is 300 g/mol. The topological polar surface area (TPSA) is 43.4 Å². The summed E-state index contributed by atoms with van der Waals surface area (Å²) in [4.78, 5) is 4.44. The highest BCUT2D eigenvalue weighted by atomic mass is 16.5. The molecule has 4 heteroatoms. The molecule has 0 radical (unpaired) electrons. The van der Waals surface area contributed by atoms with Crippen LogP contribution in [0, 0.1) is 0 Å². The molecule has 1 heterocycles. The van der Waals surface area contributed by atoms with Gasteiger partial charge in [-0.2, -0.15) is 0 Å². The average molecular weight is 320 g/mol. The van der Waals surface area contributed by atoms with Gasteiger partial charge in [-0.25, -0.2) is 4.98 Å². The first kappa shape index (κ1) is 16.0. The molecule has 0 unspecified atom stereocenters. The Balaban J connectivity index is 1.59. The largest absolute Gasteiger partial charge is 0.489 e. The fraction of sp³-hybridized carbons (Fsp3) is 0.150. The minimum Gasteiger partial charge on any atom is -0.489 e. The minimum atomic E-state index is 0.550. The Morgan fingerprint density at radius 1 is 0.833 bits per heavy atom. The van der Waals surface area contributed by atoms with Crippen molar-refractivity contribution in [1.29, 1.82) is 0 Å². The van der Waals surface area contributed by atoms with Gasteiger partial charge in [-0.1, -0.05) is 36.4 Å². The second kappa shape index (κ2) is 8.13. The van der Waals surface area contributed by atoms with Gasteiger partial charge in [-0.05, 0) is 42.9 Å². The van der Waals surface area contributed by atoms with Gasteiger partial charge in [0.1, 0.15) is 18.1 Å². The van der Waals surface area contributed by atoms with Crippen LogP contribution in [0.3, 0.4) is 0 Å². The van der Waals surface area contributed by atoms with Crippen molar-refractivity contribution in [2.24, 2.45) is 0 Å². The lowest BCUT2D eigenvalue weighted by Gasteiger charge is -2.09. The summed E-state index contributed by atoms with van der Waals surface area (Å²) >= 11 is 0. The molecule has 3 aromatic rings. The van der Waals surface area contributed by atoms with Gasteiger partial charge in [0.25, 0.3) is 0 Å². The van der Waals surface area contributed by atoms with E-state index >= 15 is 0 Å². The van der Waals surface area contributed by atoms with Crippen LogP contribution in [0.4, 0.5) is 0 Å². The zero-order valence-corrected chi connectivity index (χ0v) is 13.6. The number of aromatic nitrogens is 1. The van der Waals surface area contributed by atoms with Crippen LogP contribution in [0.5, 0.6) is 17.4 Å². The summed E-state index contributed by atoms with van der Waals surface area (Å²) < 4.78 is 11.6. The van der Waals surface area contributed by atoms with Crippen LogP contribution in [-0.4, -0.2) is 12.0 Å². The smallest absolute Gasteiger partial charge is 0.219 e. The van der Waals surface area contributed by atoms with E-state index < -0.39 is 0 Å². The zero-order valence-electron chi connectivity index (χ0n) is 13.6. The van der Waals surface area contributed by atoms with E-state index in [0.29, 0.717) is 19.0 Å². The van der Waals surface area contributed by atoms with E-state index in [2.05, 4.69) is 10.3 Å². The summed E-state index contributed by atoms with van der Waals surface area (Å²) in [5, 5.41) is 3.08. The molecule has 0 aliphatic carbocycles. The molecular formula is C20H20N2O2. The number of ether oxygens (including phenoxy) is 2. The number of hydrogen-bond donors (Lipinski definition) is 1. The molecule has 0 fully saturated rings. The van der Waals surface area contributed by atoms with E-state index in [9.17, 15) is 0 Å². The predicted octanol–water partition coefficient (Wildman–Crippen LogP) is 4.17. The van der Waals surface area contributed by atoms with Crippen molar-refractivity contribution < 1.29 is 9.47 Å². The Morgan fingerprint density at radius 3 is 2.33 bits per heavy atom. The molecule has 0 spiro atoms. The number of pyridine rings is 1. The van der Waals surface area contributed by atoms with Crippen molar-refractivity contribution in [1.82, 2.24) is 10.3 Å². The lowest BCUT2D eigenvalue weighted by molar-refractivity contribution is 0.305. The summed E-state index contributed by atoms with van der Waals surface area (Å²) in [5.74, 6) is 2.12. The van der Waals surface area contributed by atoms with Crippen LogP contribution in [0.15, 0.2) is 72.8 Å². The third kappa shape index (κ3) is 4.57. The van der Waals surface area contributed by atoms with Gasteiger partial charge >= 0.3 is 0 Å². The molecule has 0 saturated carbocycles. The van der Waals surface area contributed by atoms with Crippen molar-refractivity contribution in [3.63, 3.8) is 0 Å². The van der Waals surface area contributed by atoms with Gasteiger partial charge in [0.15, 0.2) is 0 Å². The molecule has 4 nitrogen and oxygen atoms in total. The number of nitrogens with one attached hydrogen (secondary N) is 1. The zero-order chi connectivity index (χ0) is 16.6. The van der Waals surface area contributed by atoms with Crippen LogP contribution in [-0.2, 0) is 13.2 Å². The fourth-order valence-electron chi connectivity index (χ4n) is 2.26. The lowest BCUT2D eigenvalue weighted by atomic mass is 10.2. The molecule has 0 aliphatic rings. The maximum Gasteiger partial charge on any atom is 0.219 e. The van der Waals surface area contributed by atoms with Crippen molar-refractivity contribution in [3.05, 3.63) is 84.1 Å². The van der Waals surface area contributed by atoms with Gasteiger partial charge < -0.3 is 14.8 Å². The Kier molecular flexibility index (Phi) is 5.43. The second-order valence-electron chi connectivity index (χ2n) is 5.35. The monoisotopic (exact) mass is 320 g/mol. The van der Waals surface area contributed by atoms with E-state index in [0.717, 1.165) is 22.8 Å². The Hall–Kier alpha value is -2.85. The van der Waals surface area contributed by atoms with Crippen molar-refractivity contribution in [2.45, 2.75) is 13.2 Å². The standard InChI is InChI=1S/C20H20N2O2/c1-21-14-17-8-5-9-20(22-17)24-19-12-10-18(11-13-19)23-15-16-6-3-2-4-7-16/h2-13,21H,14-15H2,1H3. The number of hydrogen-bond acceptors (Lipinski definition) is 4. The van der Waals surface area contributed by atoms with Gasteiger partial charge in [0.05, 0.1) is 5.69 Å². The van der Waals surface area contributed by atoms with E-state index in [-0.39, 0.29) is 0 Å². The highest BCUT2D eigenvalue weighted by Gasteiger charge is 2.02. The maximum atomic E-state index is 5.79. The molecule has 24 heavy (non-hydrogen) atoms. The SMILES string of the molecule is CNCc1cccc(Oc2ccc(OCc3ccccc3)cc2)n1. The van der Waals surface area contributed by atoms with Gasteiger partial charge in [0.2, 0.25) is 5.88 Å². The first-order chi connectivity index (χ1) is 11.8. The Morgan fingerprint density at radius 2 is 1.58 bits per heavy atom. The highest BCUT2D eigenvalue weighted by molar-refractivity contribution is 5.34. The molecule has 1 aromatic heterocycles. The first-order valence-corrected chi connectivity index (χ1v) is 7.88. The predicted molar refractivity (Wildman–Crippen MR) is 94.3 cm³/mol. The fourth-order valence-corrected chi connectivity index (χ4v) is 2.26. The van der Waals surface area contributed by atoms with Crippen LogP contribution < -0.4 is 14.8 Å². The lowest BCUT2D eigenvalue weighted by Crippen LogP contribution is -2.06. The summed E-state index contributed by atoms with van der Waals surface area (Å²) in [6.45, 7) is 1.26. The first-order valence-electron chi connectivity index (χ1n) is 7.88. The molecule has 0 aliphatic heterocycles. The van der Waals surface area contributed by atoms with Crippen LogP contribution in [0.25, 0.3) is 0 Å². The minimum absolute atomic E-state index is 0.550. The Bertz CT molecular complexity index is 758. The molecule has 2 aromatic carbocycles. The summed E-state index contributed by atoms with van der Waals surface area (Å²) in [6.07, 6.45) is 0. The molecule has 1 N–H and O–H groups in total. The quantitative estimate of drug-likeness (QED) is 0.709. The van der Waals surface area contributed by atoms with Crippen molar-refractivity contribution >= 4 is 0 Å². The molecule has 0 saturated heterocycles. The Labute approximate surface area is 142 Å². The van der Waals surface area contributed by atoms with E-state index in [1.54, 1.807) is 0 Å². The molecule has 0 amide bonds.